The van der Waals surface area contributed by atoms with Crippen LogP contribution in [0.25, 0.3) is 44.3 Å². The first-order chi connectivity index (χ1) is 25.5. The molecule has 5 aromatic rings. The number of unbranched alkanes of at least 4 members (excludes halogenated alkanes) is 12. The molecule has 0 unspecified atom stereocenters. The highest BCUT2D eigenvalue weighted by Crippen LogP contribution is 2.63. The number of benzene rings is 3. The summed E-state index contributed by atoms with van der Waals surface area (Å²) in [6.07, 6.45) is 25.1. The molecule has 2 aliphatic carbocycles. The van der Waals surface area contributed by atoms with Crippen LogP contribution in [0.4, 0.5) is 0 Å². The van der Waals surface area contributed by atoms with E-state index in [-0.39, 0.29) is 10.8 Å². The zero-order valence-corrected chi connectivity index (χ0v) is 37.2. The van der Waals surface area contributed by atoms with Gasteiger partial charge in [0.15, 0.2) is 0 Å². The van der Waals surface area contributed by atoms with Crippen LogP contribution in [0.3, 0.4) is 0 Å². The average molecular weight is 912 g/mol. The molecule has 0 N–H and O–H groups in total. The van der Waals surface area contributed by atoms with E-state index in [9.17, 15) is 0 Å². The fraction of sp³-hybridized carbons (Fsp3) is 0.591. The van der Waals surface area contributed by atoms with Gasteiger partial charge in [0, 0.05) is 30.0 Å². The fourth-order valence-corrected chi connectivity index (χ4v) is 12.6. The first-order valence-corrected chi connectivity index (χ1v) is 23.9. The Hall–Kier alpha value is -1.49. The summed E-state index contributed by atoms with van der Waals surface area (Å²) >= 11 is 9.30. The first-order valence-electron chi connectivity index (χ1n) is 20.6. The van der Waals surface area contributed by atoms with Crippen molar-refractivity contribution >= 4 is 84.0 Å². The molecule has 2 heterocycles. The molecule has 0 fully saturated rings. The Morgan fingerprint density at radius 2 is 0.865 bits per heavy atom. The molecule has 0 amide bonds. The minimum absolute atomic E-state index is 0.0264. The molecule has 2 aromatic heterocycles. The molecule has 278 valence electrons. The molecule has 0 saturated heterocycles. The molecule has 0 saturated carbocycles. The lowest BCUT2D eigenvalue weighted by Crippen LogP contribution is -2.27. The minimum atomic E-state index is -0.0438. The number of aromatic nitrogens is 4. The standard InChI is InChI=1S/C44H56BrIN4S2/c1-5-9-13-17-21-43(22-18-14-10-6-2)31-26-30-32(25-29(31)37-33(43)27-35(45)39-41(37)49-51-47-39)44(23-19-15-11-7-3,24-20-16-12-8-4)34-28-36(46)40-42(38(30)34)50-52-48-40/h25-28H,5-24H2,1-4H3. The van der Waals surface area contributed by atoms with E-state index in [1.807, 2.05) is 0 Å². The van der Waals surface area contributed by atoms with E-state index in [2.05, 4.69) is 90.5 Å². The van der Waals surface area contributed by atoms with Gasteiger partial charge in [-0.05, 0) is 122 Å². The SMILES string of the molecule is CCCCCCC1(CCCCCC)c2cc3c(cc2-c2c1cc(Br)c1nsnc21)C(CCCCCC)(CCCCCC)c1cc(I)c2nsnc2c1-3. The Bertz CT molecular complexity index is 1850. The van der Waals surface area contributed by atoms with Crippen LogP contribution in [-0.4, -0.2) is 17.5 Å². The molecule has 0 bridgehead atoms. The van der Waals surface area contributed by atoms with Crippen LogP contribution in [0.1, 0.15) is 178 Å². The quantitative estimate of drug-likeness (QED) is 0.0577. The van der Waals surface area contributed by atoms with Crippen LogP contribution < -0.4 is 0 Å². The van der Waals surface area contributed by atoms with Crippen LogP contribution in [0, 0.1) is 3.57 Å². The van der Waals surface area contributed by atoms with Gasteiger partial charge in [0.05, 0.1) is 23.5 Å². The Labute approximate surface area is 342 Å². The van der Waals surface area contributed by atoms with E-state index in [0.717, 1.165) is 26.5 Å². The molecule has 8 heteroatoms. The van der Waals surface area contributed by atoms with Crippen molar-refractivity contribution in [3.8, 4) is 22.3 Å². The zero-order valence-electron chi connectivity index (χ0n) is 31.8. The van der Waals surface area contributed by atoms with Crippen LogP contribution in [0.15, 0.2) is 28.7 Å². The largest absolute Gasteiger partial charge is 0.172 e. The molecule has 52 heavy (non-hydrogen) atoms. The maximum absolute atomic E-state index is 5.09. The van der Waals surface area contributed by atoms with Gasteiger partial charge in [-0.2, -0.15) is 17.5 Å². The van der Waals surface area contributed by atoms with E-state index in [1.54, 1.807) is 5.56 Å². The molecule has 4 nitrogen and oxygen atoms in total. The van der Waals surface area contributed by atoms with E-state index in [0.29, 0.717) is 0 Å². The Balaban J connectivity index is 1.51. The third kappa shape index (κ3) is 6.84. The Morgan fingerprint density at radius 1 is 0.481 bits per heavy atom. The molecule has 0 atom stereocenters. The molecule has 0 spiro atoms. The van der Waals surface area contributed by atoms with E-state index < -0.39 is 0 Å². The molecular formula is C44H56BrIN4S2. The second-order valence-corrected chi connectivity index (χ2v) is 18.9. The third-order valence-corrected chi connectivity index (χ3v) is 15.1. The summed E-state index contributed by atoms with van der Waals surface area (Å²) < 4.78 is 22.2. The summed E-state index contributed by atoms with van der Waals surface area (Å²) in [6.45, 7) is 9.32. The van der Waals surface area contributed by atoms with Gasteiger partial charge < -0.3 is 0 Å². The van der Waals surface area contributed by atoms with Gasteiger partial charge >= 0.3 is 0 Å². The van der Waals surface area contributed by atoms with Gasteiger partial charge in [0.25, 0.3) is 0 Å². The summed E-state index contributed by atoms with van der Waals surface area (Å²) in [5, 5.41) is 0. The third-order valence-electron chi connectivity index (χ3n) is 12.6. The Kier molecular flexibility index (Phi) is 12.8. The van der Waals surface area contributed by atoms with Gasteiger partial charge in [-0.25, -0.2) is 0 Å². The number of hydrogen-bond acceptors (Lipinski definition) is 6. The van der Waals surface area contributed by atoms with Crippen molar-refractivity contribution < 1.29 is 0 Å². The predicted octanol–water partition coefficient (Wildman–Crippen LogP) is 15.5. The highest BCUT2D eigenvalue weighted by molar-refractivity contribution is 14.1. The molecule has 7 rings (SSSR count). The summed E-state index contributed by atoms with van der Waals surface area (Å²) in [7, 11) is 0. The molecule has 2 aliphatic rings. The number of hydrogen-bond donors (Lipinski definition) is 0. The lowest BCUT2D eigenvalue weighted by Gasteiger charge is -2.35. The highest BCUT2D eigenvalue weighted by Gasteiger charge is 2.49. The maximum atomic E-state index is 5.09. The average Bonchev–Trinajstić information content (AvgIpc) is 3.93. The molecular weight excluding hydrogens is 855 g/mol. The maximum Gasteiger partial charge on any atom is 0.119 e. The van der Waals surface area contributed by atoms with Crippen molar-refractivity contribution in [2.45, 2.75) is 167 Å². The first kappa shape index (κ1) is 38.8. The highest BCUT2D eigenvalue weighted by atomic mass is 127. The van der Waals surface area contributed by atoms with Crippen molar-refractivity contribution in [1.29, 1.82) is 0 Å². The Morgan fingerprint density at radius 3 is 1.31 bits per heavy atom. The number of rotatable bonds is 20. The van der Waals surface area contributed by atoms with Crippen LogP contribution in [0.2, 0.25) is 0 Å². The van der Waals surface area contributed by atoms with Gasteiger partial charge in [0.1, 0.15) is 22.1 Å². The molecule has 3 aromatic carbocycles. The number of nitrogens with zero attached hydrogens (tertiary/aromatic N) is 4. The van der Waals surface area contributed by atoms with Crippen molar-refractivity contribution in [2.75, 3.05) is 0 Å². The van der Waals surface area contributed by atoms with Crippen LogP contribution in [0.5, 0.6) is 0 Å². The lowest BCUT2D eigenvalue weighted by atomic mass is 9.68. The normalized spacial score (nSPS) is 15.0. The molecule has 0 radical (unpaired) electrons. The lowest BCUT2D eigenvalue weighted by molar-refractivity contribution is 0.397. The number of halogens is 2. The van der Waals surface area contributed by atoms with Crippen molar-refractivity contribution in [2.24, 2.45) is 0 Å². The fourth-order valence-electron chi connectivity index (χ4n) is 9.95. The van der Waals surface area contributed by atoms with Gasteiger partial charge in [-0.3, -0.25) is 0 Å². The van der Waals surface area contributed by atoms with E-state index >= 15 is 0 Å². The van der Waals surface area contributed by atoms with Crippen molar-refractivity contribution in [1.82, 2.24) is 17.5 Å². The topological polar surface area (TPSA) is 51.6 Å². The smallest absolute Gasteiger partial charge is 0.119 e. The summed E-state index contributed by atoms with van der Waals surface area (Å²) in [4.78, 5) is 0. The number of fused-ring (bicyclic) bond motifs is 10. The van der Waals surface area contributed by atoms with E-state index in [1.165, 1.54) is 194 Å². The molecule has 0 aliphatic heterocycles. The van der Waals surface area contributed by atoms with Crippen LogP contribution >= 0.6 is 62.0 Å². The predicted molar refractivity (Wildman–Crippen MR) is 236 cm³/mol. The van der Waals surface area contributed by atoms with Gasteiger partial charge in [-0.15, -0.1) is 0 Å². The van der Waals surface area contributed by atoms with Crippen molar-refractivity contribution in [3.63, 3.8) is 0 Å². The summed E-state index contributed by atoms with van der Waals surface area (Å²) in [5.41, 5.74) is 16.0. The summed E-state index contributed by atoms with van der Waals surface area (Å²) in [6, 6.07) is 10.4. The second kappa shape index (κ2) is 17.1. The monoisotopic (exact) mass is 910 g/mol. The minimum Gasteiger partial charge on any atom is -0.172 e. The van der Waals surface area contributed by atoms with E-state index in [4.69, 9.17) is 17.5 Å². The summed E-state index contributed by atoms with van der Waals surface area (Å²) in [5.74, 6) is 0. The van der Waals surface area contributed by atoms with Gasteiger partial charge in [0.2, 0.25) is 0 Å². The van der Waals surface area contributed by atoms with Gasteiger partial charge in [-0.1, -0.05) is 130 Å². The van der Waals surface area contributed by atoms with Crippen LogP contribution in [-0.2, 0) is 10.8 Å². The second-order valence-electron chi connectivity index (χ2n) is 15.8. The zero-order chi connectivity index (χ0) is 36.3. The van der Waals surface area contributed by atoms with Crippen molar-refractivity contribution in [3.05, 3.63) is 54.6 Å².